The van der Waals surface area contributed by atoms with Gasteiger partial charge in [0.1, 0.15) is 0 Å². The van der Waals surface area contributed by atoms with Crippen LogP contribution in [0.15, 0.2) is 42.7 Å². The summed E-state index contributed by atoms with van der Waals surface area (Å²) in [6, 6.07) is 10.1. The fraction of sp³-hybridized carbons (Fsp3) is 0.375. The van der Waals surface area contributed by atoms with E-state index in [9.17, 15) is 4.79 Å². The number of aromatic nitrogens is 2. The molecule has 2 N–H and O–H groups in total. The molecule has 0 aliphatic heterocycles. The number of rotatable bonds is 7. The summed E-state index contributed by atoms with van der Waals surface area (Å²) < 4.78 is 1.72. The zero-order chi connectivity index (χ0) is 15.8. The first-order chi connectivity index (χ1) is 10.6. The Morgan fingerprint density at radius 1 is 1.27 bits per heavy atom. The summed E-state index contributed by atoms with van der Waals surface area (Å²) in [6.45, 7) is 2.03. The molecule has 6 nitrogen and oxygen atoms in total. The van der Waals surface area contributed by atoms with Crippen molar-refractivity contribution in [1.82, 2.24) is 20.4 Å². The van der Waals surface area contributed by atoms with Crippen molar-refractivity contribution >= 4 is 11.7 Å². The second-order valence-electron chi connectivity index (χ2n) is 5.24. The number of amides is 2. The molecule has 0 aliphatic carbocycles. The first kappa shape index (κ1) is 15.9. The highest BCUT2D eigenvalue weighted by atomic mass is 16.2. The number of urea groups is 1. The maximum atomic E-state index is 11.7. The van der Waals surface area contributed by atoms with Crippen LogP contribution in [-0.2, 0) is 13.6 Å². The van der Waals surface area contributed by atoms with Gasteiger partial charge in [-0.1, -0.05) is 18.2 Å². The smallest absolute Gasteiger partial charge is 0.315 e. The van der Waals surface area contributed by atoms with Gasteiger partial charge in [0.05, 0.1) is 6.20 Å². The molecule has 0 atom stereocenters. The molecule has 0 saturated heterocycles. The van der Waals surface area contributed by atoms with Crippen molar-refractivity contribution in [2.45, 2.75) is 13.0 Å². The number of nitrogens with one attached hydrogen (secondary N) is 2. The number of aryl methyl sites for hydroxylation is 1. The molecular formula is C16H23N5O. The third kappa shape index (κ3) is 5.12. The van der Waals surface area contributed by atoms with E-state index in [0.717, 1.165) is 18.5 Å². The van der Waals surface area contributed by atoms with E-state index in [-0.39, 0.29) is 6.03 Å². The molecule has 0 bridgehead atoms. The quantitative estimate of drug-likeness (QED) is 0.766. The van der Waals surface area contributed by atoms with Gasteiger partial charge in [0.25, 0.3) is 0 Å². The minimum atomic E-state index is -0.147. The number of hydrogen-bond acceptors (Lipinski definition) is 3. The van der Waals surface area contributed by atoms with Crippen LogP contribution in [0, 0.1) is 0 Å². The number of nitrogens with zero attached hydrogens (tertiary/aromatic N) is 3. The van der Waals surface area contributed by atoms with Gasteiger partial charge < -0.3 is 15.5 Å². The summed E-state index contributed by atoms with van der Waals surface area (Å²) in [5, 5.41) is 9.74. The van der Waals surface area contributed by atoms with E-state index in [2.05, 4.69) is 39.8 Å². The van der Waals surface area contributed by atoms with Crippen LogP contribution in [0.5, 0.6) is 0 Å². The van der Waals surface area contributed by atoms with E-state index in [1.807, 2.05) is 31.4 Å². The van der Waals surface area contributed by atoms with Gasteiger partial charge in [-0.2, -0.15) is 5.10 Å². The van der Waals surface area contributed by atoms with Crippen LogP contribution in [0.2, 0.25) is 0 Å². The molecule has 6 heteroatoms. The number of hydrogen-bond donors (Lipinski definition) is 2. The van der Waals surface area contributed by atoms with Crippen LogP contribution >= 0.6 is 0 Å². The molecule has 2 amide bonds. The van der Waals surface area contributed by atoms with Gasteiger partial charge in [-0.25, -0.2) is 4.79 Å². The molecule has 0 aliphatic rings. The van der Waals surface area contributed by atoms with Gasteiger partial charge in [0, 0.05) is 51.2 Å². The van der Waals surface area contributed by atoms with E-state index >= 15 is 0 Å². The lowest BCUT2D eigenvalue weighted by Crippen LogP contribution is -2.36. The van der Waals surface area contributed by atoms with Gasteiger partial charge in [-0.05, 0) is 18.6 Å². The van der Waals surface area contributed by atoms with Crippen molar-refractivity contribution in [2.75, 3.05) is 25.0 Å². The summed E-state index contributed by atoms with van der Waals surface area (Å²) in [4.78, 5) is 13.9. The molecule has 1 aromatic carbocycles. The van der Waals surface area contributed by atoms with E-state index in [0.29, 0.717) is 13.1 Å². The lowest BCUT2D eigenvalue weighted by Gasteiger charge is -2.19. The van der Waals surface area contributed by atoms with Crippen molar-refractivity contribution in [3.8, 4) is 0 Å². The van der Waals surface area contributed by atoms with Gasteiger partial charge in [-0.3, -0.25) is 4.68 Å². The fourth-order valence-electron chi connectivity index (χ4n) is 2.14. The Balaban J connectivity index is 1.59. The monoisotopic (exact) mass is 301 g/mol. The van der Waals surface area contributed by atoms with Crippen LogP contribution in [-0.4, -0.2) is 35.9 Å². The maximum Gasteiger partial charge on any atom is 0.315 e. The fourth-order valence-corrected chi connectivity index (χ4v) is 2.14. The van der Waals surface area contributed by atoms with Crippen molar-refractivity contribution in [3.63, 3.8) is 0 Å². The molecule has 2 aromatic rings. The van der Waals surface area contributed by atoms with Crippen molar-refractivity contribution in [3.05, 3.63) is 48.3 Å². The van der Waals surface area contributed by atoms with Crippen LogP contribution < -0.4 is 15.5 Å². The maximum absolute atomic E-state index is 11.7. The van der Waals surface area contributed by atoms with Gasteiger partial charge in [-0.15, -0.1) is 0 Å². The van der Waals surface area contributed by atoms with Gasteiger partial charge in [0.2, 0.25) is 0 Å². The Labute approximate surface area is 131 Å². The Morgan fingerprint density at radius 3 is 2.73 bits per heavy atom. The van der Waals surface area contributed by atoms with Crippen molar-refractivity contribution in [2.24, 2.45) is 7.05 Å². The molecule has 2 rings (SSSR count). The molecule has 0 spiro atoms. The molecule has 0 fully saturated rings. The lowest BCUT2D eigenvalue weighted by atomic mass is 10.3. The molecule has 1 aromatic heterocycles. The molecule has 0 saturated carbocycles. The Bertz CT molecular complexity index is 581. The predicted molar refractivity (Wildman–Crippen MR) is 87.8 cm³/mol. The zero-order valence-electron chi connectivity index (χ0n) is 13.1. The van der Waals surface area contributed by atoms with Crippen molar-refractivity contribution < 1.29 is 4.79 Å². The van der Waals surface area contributed by atoms with Crippen LogP contribution in [0.4, 0.5) is 10.5 Å². The van der Waals surface area contributed by atoms with E-state index in [4.69, 9.17) is 0 Å². The Hall–Kier alpha value is -2.50. The van der Waals surface area contributed by atoms with Crippen molar-refractivity contribution in [1.29, 1.82) is 0 Å². The molecule has 0 unspecified atom stereocenters. The predicted octanol–water partition coefficient (Wildman–Crippen LogP) is 1.75. The highest BCUT2D eigenvalue weighted by Gasteiger charge is 2.03. The summed E-state index contributed by atoms with van der Waals surface area (Å²) in [7, 11) is 3.91. The topological polar surface area (TPSA) is 62.2 Å². The minimum absolute atomic E-state index is 0.147. The number of para-hydroxylation sites is 1. The largest absolute Gasteiger partial charge is 0.375 e. The SMILES string of the molecule is CN(CCCNC(=O)NCc1cnn(C)c1)c1ccccc1. The number of carbonyl (C=O) groups excluding carboxylic acids is 1. The summed E-state index contributed by atoms with van der Waals surface area (Å²) >= 11 is 0. The van der Waals surface area contributed by atoms with Gasteiger partial charge >= 0.3 is 6.03 Å². The molecule has 1 heterocycles. The highest BCUT2D eigenvalue weighted by molar-refractivity contribution is 5.73. The van der Waals surface area contributed by atoms with E-state index in [1.165, 1.54) is 5.69 Å². The molecule has 22 heavy (non-hydrogen) atoms. The second-order valence-corrected chi connectivity index (χ2v) is 5.24. The Kier molecular flexibility index (Phi) is 5.82. The molecular weight excluding hydrogens is 278 g/mol. The number of benzene rings is 1. The minimum Gasteiger partial charge on any atom is -0.375 e. The van der Waals surface area contributed by atoms with E-state index < -0.39 is 0 Å². The average molecular weight is 301 g/mol. The van der Waals surface area contributed by atoms with Crippen LogP contribution in [0.1, 0.15) is 12.0 Å². The summed E-state index contributed by atoms with van der Waals surface area (Å²) in [6.07, 6.45) is 4.52. The van der Waals surface area contributed by atoms with Crippen LogP contribution in [0.3, 0.4) is 0 Å². The summed E-state index contributed by atoms with van der Waals surface area (Å²) in [5.74, 6) is 0. The van der Waals surface area contributed by atoms with Crippen LogP contribution in [0.25, 0.3) is 0 Å². The second kappa shape index (κ2) is 8.07. The van der Waals surface area contributed by atoms with E-state index in [1.54, 1.807) is 10.9 Å². The Morgan fingerprint density at radius 2 is 2.05 bits per heavy atom. The molecule has 118 valence electrons. The number of anilines is 1. The van der Waals surface area contributed by atoms with Gasteiger partial charge in [0.15, 0.2) is 0 Å². The standard InChI is InChI=1S/C16H23N5O/c1-20(15-7-4-3-5-8-15)10-6-9-17-16(22)18-11-14-12-19-21(2)13-14/h3-5,7-8,12-13H,6,9-11H2,1-2H3,(H2,17,18,22). The highest BCUT2D eigenvalue weighted by Crippen LogP contribution is 2.10. The first-order valence-corrected chi connectivity index (χ1v) is 7.40. The third-order valence-electron chi connectivity index (χ3n) is 3.36. The normalized spacial score (nSPS) is 10.3. The zero-order valence-corrected chi connectivity index (χ0v) is 13.1. The molecule has 0 radical (unpaired) electrons. The third-order valence-corrected chi connectivity index (χ3v) is 3.36. The lowest BCUT2D eigenvalue weighted by molar-refractivity contribution is 0.240. The first-order valence-electron chi connectivity index (χ1n) is 7.40. The summed E-state index contributed by atoms with van der Waals surface area (Å²) in [5.41, 5.74) is 2.17. The number of carbonyl (C=O) groups is 1. The average Bonchev–Trinajstić information content (AvgIpc) is 2.96.